The zero-order chi connectivity index (χ0) is 18.2. The lowest BCUT2D eigenvalue weighted by Crippen LogP contribution is -2.18. The number of amides is 1. The third-order valence-corrected chi connectivity index (χ3v) is 4.38. The van der Waals surface area contributed by atoms with Gasteiger partial charge >= 0.3 is 0 Å². The molecule has 3 rings (SSSR count). The maximum absolute atomic E-state index is 12.3. The Bertz CT molecular complexity index is 725. The third-order valence-electron chi connectivity index (χ3n) is 4.38. The Hall–Kier alpha value is -2.53. The van der Waals surface area contributed by atoms with Gasteiger partial charge in [0.1, 0.15) is 18.1 Å². The van der Waals surface area contributed by atoms with E-state index in [9.17, 15) is 4.79 Å². The number of carbonyl (C=O) groups is 1. The van der Waals surface area contributed by atoms with Gasteiger partial charge in [0.25, 0.3) is 0 Å². The first-order valence-electron chi connectivity index (χ1n) is 9.01. The van der Waals surface area contributed by atoms with Gasteiger partial charge in [-0.25, -0.2) is 0 Å². The number of carbonyl (C=O) groups excluding carboxylic acids is 1. The minimum absolute atomic E-state index is 0.0408. The maximum atomic E-state index is 12.3. The highest BCUT2D eigenvalue weighted by Gasteiger charge is 2.17. The Balaban J connectivity index is 1.53. The molecule has 1 amide bonds. The molecular formula is C21H25NO4. The van der Waals surface area contributed by atoms with Gasteiger partial charge in [-0.3, -0.25) is 4.79 Å². The molecule has 0 aromatic heterocycles. The molecule has 1 heterocycles. The number of nitrogens with one attached hydrogen (secondary N) is 1. The van der Waals surface area contributed by atoms with Gasteiger partial charge in [-0.15, -0.1) is 0 Å². The third kappa shape index (κ3) is 5.23. The summed E-state index contributed by atoms with van der Waals surface area (Å²) in [5, 5.41) is 2.95. The summed E-state index contributed by atoms with van der Waals surface area (Å²) in [6.07, 6.45) is 3.30. The Morgan fingerprint density at radius 2 is 2.12 bits per heavy atom. The largest absolute Gasteiger partial charge is 0.497 e. The van der Waals surface area contributed by atoms with Crippen LogP contribution in [-0.4, -0.2) is 32.3 Å². The van der Waals surface area contributed by atoms with Crippen LogP contribution in [0.5, 0.6) is 11.5 Å². The molecular weight excluding hydrogens is 330 g/mol. The van der Waals surface area contributed by atoms with Crippen LogP contribution in [0.3, 0.4) is 0 Å². The van der Waals surface area contributed by atoms with Gasteiger partial charge in [-0.1, -0.05) is 24.3 Å². The lowest BCUT2D eigenvalue weighted by Gasteiger charge is -2.15. The van der Waals surface area contributed by atoms with Crippen molar-refractivity contribution in [3.05, 3.63) is 54.1 Å². The normalized spacial score (nSPS) is 16.3. The molecule has 5 heteroatoms. The second kappa shape index (κ2) is 9.25. The molecule has 26 heavy (non-hydrogen) atoms. The van der Waals surface area contributed by atoms with Crippen molar-refractivity contribution in [3.63, 3.8) is 0 Å². The molecule has 1 saturated heterocycles. The highest BCUT2D eigenvalue weighted by atomic mass is 16.5. The fraction of sp³-hybridized carbons (Fsp3) is 0.381. The van der Waals surface area contributed by atoms with Gasteiger partial charge in [0.05, 0.1) is 18.9 Å². The molecule has 0 spiro atoms. The van der Waals surface area contributed by atoms with Crippen LogP contribution in [0.25, 0.3) is 0 Å². The quantitative estimate of drug-likeness (QED) is 0.782. The van der Waals surface area contributed by atoms with Crippen LogP contribution in [0.1, 0.15) is 24.8 Å². The minimum Gasteiger partial charge on any atom is -0.497 e. The van der Waals surface area contributed by atoms with Crippen molar-refractivity contribution < 1.29 is 19.0 Å². The molecule has 1 aliphatic heterocycles. The van der Waals surface area contributed by atoms with E-state index in [1.54, 1.807) is 7.11 Å². The maximum Gasteiger partial charge on any atom is 0.224 e. The smallest absolute Gasteiger partial charge is 0.224 e. The van der Waals surface area contributed by atoms with E-state index < -0.39 is 0 Å². The number of benzene rings is 2. The molecule has 1 N–H and O–H groups in total. The predicted molar refractivity (Wildman–Crippen MR) is 101 cm³/mol. The zero-order valence-electron chi connectivity index (χ0n) is 15.1. The first-order valence-corrected chi connectivity index (χ1v) is 9.01. The Morgan fingerprint density at radius 1 is 1.23 bits per heavy atom. The Labute approximate surface area is 154 Å². The molecule has 1 fully saturated rings. The van der Waals surface area contributed by atoms with Gasteiger partial charge in [-0.05, 0) is 49.1 Å². The van der Waals surface area contributed by atoms with Gasteiger partial charge in [-0.2, -0.15) is 0 Å². The predicted octanol–water partition coefficient (Wildman–Crippen LogP) is 3.82. The summed E-state index contributed by atoms with van der Waals surface area (Å²) in [6.45, 7) is 1.31. The zero-order valence-corrected chi connectivity index (χ0v) is 15.1. The van der Waals surface area contributed by atoms with E-state index in [1.807, 2.05) is 48.5 Å². The van der Waals surface area contributed by atoms with Crippen molar-refractivity contribution in [1.82, 2.24) is 0 Å². The molecule has 5 nitrogen and oxygen atoms in total. The molecule has 0 aliphatic carbocycles. The number of anilines is 1. The number of para-hydroxylation sites is 2. The van der Waals surface area contributed by atoms with Crippen LogP contribution < -0.4 is 14.8 Å². The molecule has 0 radical (unpaired) electrons. The lowest BCUT2D eigenvalue weighted by atomic mass is 10.1. The van der Waals surface area contributed by atoms with Crippen LogP contribution in [0.4, 0.5) is 5.69 Å². The fourth-order valence-electron chi connectivity index (χ4n) is 2.95. The second-order valence-corrected chi connectivity index (χ2v) is 6.34. The van der Waals surface area contributed by atoms with Gasteiger partial charge in [0, 0.05) is 13.0 Å². The number of aryl methyl sites for hydroxylation is 1. The number of methoxy groups -OCH3 is 1. The number of ether oxygens (including phenoxy) is 3. The molecule has 0 saturated carbocycles. The van der Waals surface area contributed by atoms with Crippen molar-refractivity contribution in [3.8, 4) is 11.5 Å². The van der Waals surface area contributed by atoms with E-state index in [0.717, 1.165) is 30.8 Å². The molecule has 0 bridgehead atoms. The van der Waals surface area contributed by atoms with E-state index >= 15 is 0 Å². The van der Waals surface area contributed by atoms with Crippen molar-refractivity contribution >= 4 is 11.6 Å². The number of hydrogen-bond donors (Lipinski definition) is 1. The summed E-state index contributed by atoms with van der Waals surface area (Å²) in [6, 6.07) is 15.3. The monoisotopic (exact) mass is 355 g/mol. The van der Waals surface area contributed by atoms with E-state index in [-0.39, 0.29) is 12.0 Å². The summed E-state index contributed by atoms with van der Waals surface area (Å²) < 4.78 is 16.7. The van der Waals surface area contributed by atoms with Crippen LogP contribution in [0.15, 0.2) is 48.5 Å². The summed E-state index contributed by atoms with van der Waals surface area (Å²) >= 11 is 0. The summed E-state index contributed by atoms with van der Waals surface area (Å²) in [5.41, 5.74) is 1.77. The van der Waals surface area contributed by atoms with Crippen LogP contribution in [0.2, 0.25) is 0 Å². The van der Waals surface area contributed by atoms with Crippen LogP contribution in [0, 0.1) is 0 Å². The molecule has 1 unspecified atom stereocenters. The first-order chi connectivity index (χ1) is 12.7. The summed E-state index contributed by atoms with van der Waals surface area (Å²) in [4.78, 5) is 12.3. The molecule has 2 aromatic rings. The standard InChI is InChI=1S/C21H25NO4/c1-24-17-7-4-6-16(14-17)11-12-21(23)22-19-9-2-3-10-20(19)26-15-18-8-5-13-25-18/h2-4,6-7,9-10,14,18H,5,8,11-13,15H2,1H3,(H,22,23). The average molecular weight is 355 g/mol. The molecule has 138 valence electrons. The minimum atomic E-state index is -0.0408. The van der Waals surface area contributed by atoms with E-state index in [4.69, 9.17) is 14.2 Å². The summed E-state index contributed by atoms with van der Waals surface area (Å²) in [7, 11) is 1.64. The highest BCUT2D eigenvalue weighted by molar-refractivity contribution is 5.92. The first kappa shape index (κ1) is 18.3. The van der Waals surface area contributed by atoms with E-state index in [2.05, 4.69) is 5.32 Å². The van der Waals surface area contributed by atoms with Gasteiger partial charge < -0.3 is 19.5 Å². The SMILES string of the molecule is COc1cccc(CCC(=O)Nc2ccccc2OCC2CCCO2)c1. The van der Waals surface area contributed by atoms with Crippen molar-refractivity contribution in [2.45, 2.75) is 31.8 Å². The fourth-order valence-corrected chi connectivity index (χ4v) is 2.95. The van der Waals surface area contributed by atoms with Gasteiger partial charge in [0.15, 0.2) is 0 Å². The number of hydrogen-bond acceptors (Lipinski definition) is 4. The van der Waals surface area contributed by atoms with Crippen LogP contribution >= 0.6 is 0 Å². The van der Waals surface area contributed by atoms with Crippen LogP contribution in [-0.2, 0) is 16.0 Å². The highest BCUT2D eigenvalue weighted by Crippen LogP contribution is 2.25. The second-order valence-electron chi connectivity index (χ2n) is 6.34. The molecule has 1 atom stereocenters. The Morgan fingerprint density at radius 3 is 2.92 bits per heavy atom. The van der Waals surface area contributed by atoms with Crippen molar-refractivity contribution in [2.24, 2.45) is 0 Å². The van der Waals surface area contributed by atoms with Gasteiger partial charge in [0.2, 0.25) is 5.91 Å². The van der Waals surface area contributed by atoms with E-state index in [1.165, 1.54) is 0 Å². The van der Waals surface area contributed by atoms with E-state index in [0.29, 0.717) is 30.9 Å². The summed E-state index contributed by atoms with van der Waals surface area (Å²) in [5.74, 6) is 1.44. The molecule has 1 aliphatic rings. The number of rotatable bonds is 8. The van der Waals surface area contributed by atoms with Crippen molar-refractivity contribution in [1.29, 1.82) is 0 Å². The molecule has 2 aromatic carbocycles. The van der Waals surface area contributed by atoms with Crippen molar-refractivity contribution in [2.75, 3.05) is 25.6 Å². The average Bonchev–Trinajstić information content (AvgIpc) is 3.19. The lowest BCUT2D eigenvalue weighted by molar-refractivity contribution is -0.116. The topological polar surface area (TPSA) is 56.8 Å². The Kier molecular flexibility index (Phi) is 6.50.